The number of fused-ring (bicyclic) bond motifs is 1. The Morgan fingerprint density at radius 1 is 1.17 bits per heavy atom. The van der Waals surface area contributed by atoms with Gasteiger partial charge in [-0.25, -0.2) is 9.59 Å². The van der Waals surface area contributed by atoms with Gasteiger partial charge in [-0.05, 0) is 25.3 Å². The van der Waals surface area contributed by atoms with Gasteiger partial charge >= 0.3 is 11.7 Å². The molecule has 2 aromatic rings. The SMILES string of the molecule is CSc1nc(=O)[nH]c(C)c1C(=O)ON1C(=O)c2ccccc2C1=O. The molecule has 1 aromatic carbocycles. The summed E-state index contributed by atoms with van der Waals surface area (Å²) in [5, 5.41) is 0.569. The van der Waals surface area contributed by atoms with Crippen LogP contribution in [0.5, 0.6) is 0 Å². The highest BCUT2D eigenvalue weighted by molar-refractivity contribution is 7.98. The van der Waals surface area contributed by atoms with Crippen molar-refractivity contribution < 1.29 is 19.2 Å². The Bertz CT molecular complexity index is 902. The molecule has 1 aromatic heterocycles. The van der Waals surface area contributed by atoms with Crippen molar-refractivity contribution in [1.29, 1.82) is 0 Å². The van der Waals surface area contributed by atoms with Gasteiger partial charge in [0.15, 0.2) is 0 Å². The molecule has 1 aliphatic rings. The number of rotatable bonds is 3. The molecule has 1 N–H and O–H groups in total. The summed E-state index contributed by atoms with van der Waals surface area (Å²) in [5.74, 6) is -2.38. The molecule has 0 saturated carbocycles. The summed E-state index contributed by atoms with van der Waals surface area (Å²) in [6.45, 7) is 1.50. The van der Waals surface area contributed by atoms with Crippen LogP contribution in [0.2, 0.25) is 0 Å². The number of thioether (sulfide) groups is 1. The molecule has 8 nitrogen and oxygen atoms in total. The van der Waals surface area contributed by atoms with Gasteiger partial charge in [-0.3, -0.25) is 9.59 Å². The lowest BCUT2D eigenvalue weighted by atomic mass is 10.1. The molecule has 1 aliphatic heterocycles. The highest BCUT2D eigenvalue weighted by atomic mass is 32.2. The average Bonchev–Trinajstić information content (AvgIpc) is 2.79. The Hall–Kier alpha value is -2.94. The molecular weight excluding hydrogens is 334 g/mol. The summed E-state index contributed by atoms with van der Waals surface area (Å²) >= 11 is 1.08. The predicted molar refractivity (Wildman–Crippen MR) is 83.7 cm³/mol. The topological polar surface area (TPSA) is 109 Å². The lowest BCUT2D eigenvalue weighted by Crippen LogP contribution is -2.33. The second kappa shape index (κ2) is 5.93. The van der Waals surface area contributed by atoms with Crippen molar-refractivity contribution in [2.75, 3.05) is 6.26 Å². The summed E-state index contributed by atoms with van der Waals surface area (Å²) in [5.41, 5.74) is -0.0397. The maximum atomic E-state index is 12.4. The third-order valence-electron chi connectivity index (χ3n) is 3.41. The molecule has 3 rings (SSSR count). The number of aryl methyl sites for hydroxylation is 1. The van der Waals surface area contributed by atoms with Crippen molar-refractivity contribution in [3.63, 3.8) is 0 Å². The average molecular weight is 345 g/mol. The molecule has 122 valence electrons. The molecule has 9 heteroatoms. The summed E-state index contributed by atoms with van der Waals surface area (Å²) < 4.78 is 0. The Labute approximate surface area is 139 Å². The first-order valence-corrected chi connectivity index (χ1v) is 8.01. The molecule has 0 bridgehead atoms. The Morgan fingerprint density at radius 2 is 1.75 bits per heavy atom. The van der Waals surface area contributed by atoms with Crippen molar-refractivity contribution in [3.05, 3.63) is 57.1 Å². The van der Waals surface area contributed by atoms with Gasteiger partial charge in [0.25, 0.3) is 11.8 Å². The minimum Gasteiger partial charge on any atom is -0.324 e. The fraction of sp³-hybridized carbons (Fsp3) is 0.133. The Balaban J connectivity index is 1.94. The van der Waals surface area contributed by atoms with Gasteiger partial charge in [0.05, 0.1) is 11.1 Å². The van der Waals surface area contributed by atoms with Crippen LogP contribution in [-0.2, 0) is 4.84 Å². The van der Waals surface area contributed by atoms with Crippen LogP contribution in [0.15, 0.2) is 34.1 Å². The van der Waals surface area contributed by atoms with E-state index in [4.69, 9.17) is 4.84 Å². The van der Waals surface area contributed by atoms with Crippen molar-refractivity contribution in [3.8, 4) is 0 Å². The highest BCUT2D eigenvalue weighted by Crippen LogP contribution is 2.25. The number of benzene rings is 1. The third kappa shape index (κ3) is 2.48. The van der Waals surface area contributed by atoms with Crippen LogP contribution in [0.3, 0.4) is 0 Å². The lowest BCUT2D eigenvalue weighted by Gasteiger charge is -2.14. The molecule has 0 saturated heterocycles. The van der Waals surface area contributed by atoms with E-state index in [2.05, 4.69) is 9.97 Å². The van der Waals surface area contributed by atoms with Gasteiger partial charge in [0.2, 0.25) is 0 Å². The second-order valence-corrected chi connectivity index (χ2v) is 5.68. The Kier molecular flexibility index (Phi) is 3.94. The molecular formula is C15H11N3O5S. The van der Waals surface area contributed by atoms with E-state index >= 15 is 0 Å². The Morgan fingerprint density at radius 3 is 2.29 bits per heavy atom. The van der Waals surface area contributed by atoms with Crippen molar-refractivity contribution in [2.24, 2.45) is 0 Å². The maximum Gasteiger partial charge on any atom is 0.368 e. The number of carbonyl (C=O) groups excluding carboxylic acids is 3. The largest absolute Gasteiger partial charge is 0.368 e. The van der Waals surface area contributed by atoms with Crippen LogP contribution >= 0.6 is 11.8 Å². The molecule has 0 aliphatic carbocycles. The standard InChI is InChI=1S/C15H11N3O5S/c1-7-10(11(24-2)17-15(22)16-7)14(21)23-18-12(19)8-5-3-4-6-9(8)13(18)20/h3-6H,1-2H3,(H,16,17,22). The van der Waals surface area contributed by atoms with Crippen LogP contribution in [0.4, 0.5) is 0 Å². The zero-order valence-electron chi connectivity index (χ0n) is 12.7. The molecule has 0 radical (unpaired) electrons. The number of nitrogens with one attached hydrogen (secondary N) is 1. The highest BCUT2D eigenvalue weighted by Gasteiger charge is 2.39. The molecule has 0 unspecified atom stereocenters. The molecule has 0 atom stereocenters. The number of amides is 2. The minimum absolute atomic E-state index is 0.00124. The van der Waals surface area contributed by atoms with Crippen molar-refractivity contribution in [1.82, 2.24) is 15.0 Å². The minimum atomic E-state index is -0.949. The number of hydroxylamine groups is 2. The fourth-order valence-corrected chi connectivity index (χ4v) is 2.94. The smallest absolute Gasteiger partial charge is 0.324 e. The van der Waals surface area contributed by atoms with Crippen LogP contribution in [-0.4, -0.2) is 39.1 Å². The number of aromatic amines is 1. The van der Waals surface area contributed by atoms with E-state index in [1.54, 1.807) is 18.4 Å². The second-order valence-electron chi connectivity index (χ2n) is 4.88. The predicted octanol–water partition coefficient (Wildman–Crippen LogP) is 1.17. The van der Waals surface area contributed by atoms with E-state index in [-0.39, 0.29) is 27.4 Å². The summed E-state index contributed by atoms with van der Waals surface area (Å²) in [6.07, 6.45) is 1.64. The van der Waals surface area contributed by atoms with Crippen molar-refractivity contribution >= 4 is 29.5 Å². The number of hydrogen-bond donors (Lipinski definition) is 1. The van der Waals surface area contributed by atoms with E-state index in [1.807, 2.05) is 0 Å². The first-order valence-electron chi connectivity index (χ1n) is 6.79. The zero-order chi connectivity index (χ0) is 17.4. The van der Waals surface area contributed by atoms with Gasteiger partial charge in [-0.1, -0.05) is 17.2 Å². The van der Waals surface area contributed by atoms with Gasteiger partial charge in [0.1, 0.15) is 10.6 Å². The van der Waals surface area contributed by atoms with Gasteiger partial charge in [-0.15, -0.1) is 11.8 Å². The van der Waals surface area contributed by atoms with E-state index in [0.29, 0.717) is 5.06 Å². The van der Waals surface area contributed by atoms with E-state index in [1.165, 1.54) is 19.1 Å². The number of carbonyl (C=O) groups is 3. The number of imide groups is 1. The molecule has 0 spiro atoms. The number of nitrogens with zero attached hydrogens (tertiary/aromatic N) is 2. The van der Waals surface area contributed by atoms with Crippen LogP contribution in [0.25, 0.3) is 0 Å². The molecule has 0 fully saturated rings. The molecule has 2 heterocycles. The summed E-state index contributed by atoms with van der Waals surface area (Å²) in [4.78, 5) is 59.3. The van der Waals surface area contributed by atoms with E-state index < -0.39 is 23.5 Å². The van der Waals surface area contributed by atoms with Gasteiger partial charge < -0.3 is 9.82 Å². The quantitative estimate of drug-likeness (QED) is 0.505. The van der Waals surface area contributed by atoms with Crippen LogP contribution in [0.1, 0.15) is 36.8 Å². The molecule has 2 amide bonds. The van der Waals surface area contributed by atoms with E-state index in [9.17, 15) is 19.2 Å². The summed E-state index contributed by atoms with van der Waals surface area (Å²) in [7, 11) is 0. The summed E-state index contributed by atoms with van der Waals surface area (Å²) in [6, 6.07) is 6.17. The number of hydrogen-bond acceptors (Lipinski definition) is 7. The van der Waals surface area contributed by atoms with Gasteiger partial charge in [0, 0.05) is 5.69 Å². The number of aromatic nitrogens is 2. The van der Waals surface area contributed by atoms with Gasteiger partial charge in [-0.2, -0.15) is 4.98 Å². The normalized spacial score (nSPS) is 13.2. The van der Waals surface area contributed by atoms with Crippen molar-refractivity contribution in [2.45, 2.75) is 11.9 Å². The van der Waals surface area contributed by atoms with Crippen LogP contribution < -0.4 is 5.69 Å². The first-order chi connectivity index (χ1) is 11.4. The van der Waals surface area contributed by atoms with E-state index in [0.717, 1.165) is 11.8 Å². The zero-order valence-corrected chi connectivity index (χ0v) is 13.5. The maximum absolute atomic E-state index is 12.4. The first kappa shape index (κ1) is 15.9. The van der Waals surface area contributed by atoms with Crippen LogP contribution in [0, 0.1) is 6.92 Å². The monoisotopic (exact) mass is 345 g/mol. The fourth-order valence-electron chi connectivity index (χ4n) is 2.33. The number of H-pyrrole nitrogens is 1. The third-order valence-corrected chi connectivity index (χ3v) is 4.10. The molecule has 24 heavy (non-hydrogen) atoms. The lowest BCUT2D eigenvalue weighted by molar-refractivity contribution is -0.0588.